The lowest BCUT2D eigenvalue weighted by Crippen LogP contribution is -2.47. The molecule has 1 aromatic carbocycles. The maximum absolute atomic E-state index is 13.8. The average Bonchev–Trinajstić information content (AvgIpc) is 3.14. The first kappa shape index (κ1) is 26.9. The Kier molecular flexibility index (Phi) is 10.3. The number of allylic oxidation sites excluding steroid dienone is 1. The molecule has 0 bridgehead atoms. The van der Waals surface area contributed by atoms with Crippen molar-refractivity contribution in [1.29, 1.82) is 0 Å². The average molecular weight is 485 g/mol. The van der Waals surface area contributed by atoms with Gasteiger partial charge in [0.05, 0.1) is 18.4 Å². The molecule has 2 amide bonds. The predicted octanol–water partition coefficient (Wildman–Crippen LogP) is 3.46. The van der Waals surface area contributed by atoms with Gasteiger partial charge in [-0.1, -0.05) is 68.7 Å². The second kappa shape index (κ2) is 13.4. The Balaban J connectivity index is 1.85. The lowest BCUT2D eigenvalue weighted by atomic mass is 9.69. The van der Waals surface area contributed by atoms with Gasteiger partial charge in [-0.25, -0.2) is 0 Å². The molecule has 0 aromatic heterocycles. The molecule has 5 atom stereocenters. The monoisotopic (exact) mass is 484 g/mol. The Bertz CT molecular complexity index is 871. The van der Waals surface area contributed by atoms with Gasteiger partial charge >= 0.3 is 5.97 Å². The van der Waals surface area contributed by atoms with Crippen molar-refractivity contribution in [2.45, 2.75) is 65.0 Å². The van der Waals surface area contributed by atoms with Gasteiger partial charge in [-0.2, -0.15) is 0 Å². The van der Waals surface area contributed by atoms with E-state index in [4.69, 9.17) is 9.84 Å². The number of aliphatic hydroxyl groups excluding tert-OH is 1. The first-order valence-electron chi connectivity index (χ1n) is 13.1. The van der Waals surface area contributed by atoms with Crippen LogP contribution in [0.1, 0.15) is 57.9 Å². The minimum Gasteiger partial charge on any atom is -0.466 e. The minimum absolute atomic E-state index is 0.0678. The normalized spacial score (nSPS) is 25.4. The van der Waals surface area contributed by atoms with Crippen molar-refractivity contribution in [1.82, 2.24) is 10.2 Å². The summed E-state index contributed by atoms with van der Waals surface area (Å²) in [6.07, 6.45) is 8.94. The first-order chi connectivity index (χ1) is 17.0. The quantitative estimate of drug-likeness (QED) is 0.254. The summed E-state index contributed by atoms with van der Waals surface area (Å²) in [5.74, 6) is -2.24. The molecular formula is C28H40N2O5. The maximum atomic E-state index is 13.8. The van der Waals surface area contributed by atoms with E-state index in [-0.39, 0.29) is 42.8 Å². The highest BCUT2D eigenvalue weighted by atomic mass is 16.5. The van der Waals surface area contributed by atoms with E-state index in [9.17, 15) is 14.4 Å². The highest BCUT2D eigenvalue weighted by Gasteiger charge is 2.57. The molecule has 1 fully saturated rings. The molecule has 0 saturated carbocycles. The molecule has 7 heteroatoms. The van der Waals surface area contributed by atoms with Crippen molar-refractivity contribution in [3.63, 3.8) is 0 Å². The summed E-state index contributed by atoms with van der Waals surface area (Å²) in [5.41, 5.74) is 0.990. The van der Waals surface area contributed by atoms with Gasteiger partial charge in [-0.3, -0.25) is 14.4 Å². The third kappa shape index (κ3) is 6.51. The van der Waals surface area contributed by atoms with Crippen molar-refractivity contribution in [2.75, 3.05) is 19.8 Å². The van der Waals surface area contributed by atoms with Gasteiger partial charge < -0.3 is 20.1 Å². The number of aliphatic hydroxyl groups is 1. The lowest BCUT2D eigenvalue weighted by Gasteiger charge is -2.33. The molecule has 1 saturated heterocycles. The van der Waals surface area contributed by atoms with Crippen LogP contribution in [0.5, 0.6) is 0 Å². The number of amides is 2. The van der Waals surface area contributed by atoms with Crippen LogP contribution in [0.4, 0.5) is 0 Å². The summed E-state index contributed by atoms with van der Waals surface area (Å²) in [5, 5.41) is 12.1. The number of carbonyl (C=O) groups is 3. The maximum Gasteiger partial charge on any atom is 0.310 e. The number of esters is 1. The molecule has 7 nitrogen and oxygen atoms in total. The number of fused-ring (bicyclic) bond motifs is 1. The number of likely N-dealkylation sites (tertiary alicyclic amines) is 1. The molecule has 1 heterocycles. The van der Waals surface area contributed by atoms with Crippen LogP contribution in [0.3, 0.4) is 0 Å². The van der Waals surface area contributed by atoms with E-state index in [2.05, 4.69) is 12.2 Å². The van der Waals surface area contributed by atoms with Gasteiger partial charge in [0.25, 0.3) is 0 Å². The number of ether oxygens (including phenoxy) is 1. The zero-order chi connectivity index (χ0) is 25.2. The van der Waals surface area contributed by atoms with Crippen molar-refractivity contribution in [2.24, 2.45) is 23.7 Å². The first-order valence-corrected chi connectivity index (χ1v) is 13.1. The van der Waals surface area contributed by atoms with Crippen molar-refractivity contribution in [3.05, 3.63) is 48.0 Å². The Morgan fingerprint density at radius 3 is 2.49 bits per heavy atom. The summed E-state index contributed by atoms with van der Waals surface area (Å²) in [6, 6.07) is 9.04. The summed E-state index contributed by atoms with van der Waals surface area (Å²) >= 11 is 0. The predicted molar refractivity (Wildman–Crippen MR) is 134 cm³/mol. The van der Waals surface area contributed by atoms with Gasteiger partial charge in [-0.15, -0.1) is 0 Å². The SMILES string of the molecule is CCC[C@@H]1C=C[C@H]2[C@H](C(=O)N(CCCCCCO)[C@@H]2C(=O)NCc2ccccc2)[C@@H]1C(=O)OCC. The van der Waals surface area contributed by atoms with Crippen molar-refractivity contribution < 1.29 is 24.2 Å². The number of rotatable bonds is 13. The fraction of sp³-hybridized carbons (Fsp3) is 0.607. The largest absolute Gasteiger partial charge is 0.466 e. The topological polar surface area (TPSA) is 95.9 Å². The van der Waals surface area contributed by atoms with E-state index >= 15 is 0 Å². The molecule has 2 N–H and O–H groups in total. The number of unbranched alkanes of at least 4 members (excludes halogenated alkanes) is 3. The van der Waals surface area contributed by atoms with Gasteiger partial charge in [0.15, 0.2) is 0 Å². The van der Waals surface area contributed by atoms with Crippen LogP contribution in [0.25, 0.3) is 0 Å². The molecular weight excluding hydrogens is 444 g/mol. The molecule has 1 aliphatic heterocycles. The van der Waals surface area contributed by atoms with Crippen LogP contribution in [0, 0.1) is 23.7 Å². The third-order valence-corrected chi connectivity index (χ3v) is 7.18. The lowest BCUT2D eigenvalue weighted by molar-refractivity contribution is -0.155. The Morgan fingerprint density at radius 1 is 1.06 bits per heavy atom. The molecule has 1 aromatic rings. The fourth-order valence-electron chi connectivity index (χ4n) is 5.54. The number of hydrogen-bond donors (Lipinski definition) is 2. The van der Waals surface area contributed by atoms with E-state index < -0.39 is 17.9 Å². The zero-order valence-electron chi connectivity index (χ0n) is 21.0. The van der Waals surface area contributed by atoms with Gasteiger partial charge in [0, 0.05) is 25.6 Å². The van der Waals surface area contributed by atoms with Crippen LogP contribution in [0.15, 0.2) is 42.5 Å². The van der Waals surface area contributed by atoms with Crippen molar-refractivity contribution >= 4 is 17.8 Å². The molecule has 3 rings (SSSR count). The van der Waals surface area contributed by atoms with Crippen LogP contribution >= 0.6 is 0 Å². The van der Waals surface area contributed by atoms with E-state index in [1.165, 1.54) is 0 Å². The van der Waals surface area contributed by atoms with Gasteiger partial charge in [-0.05, 0) is 37.7 Å². The number of benzene rings is 1. The molecule has 35 heavy (non-hydrogen) atoms. The number of nitrogens with one attached hydrogen (secondary N) is 1. The van der Waals surface area contributed by atoms with Crippen LogP contribution < -0.4 is 5.32 Å². The van der Waals surface area contributed by atoms with Crippen LogP contribution in [-0.4, -0.2) is 53.6 Å². The number of hydrogen-bond acceptors (Lipinski definition) is 5. The Morgan fingerprint density at radius 2 is 1.80 bits per heavy atom. The summed E-state index contributed by atoms with van der Waals surface area (Å²) in [7, 11) is 0. The van der Waals surface area contributed by atoms with Gasteiger partial charge in [0.2, 0.25) is 11.8 Å². The second-order valence-corrected chi connectivity index (χ2v) is 9.54. The molecule has 0 spiro atoms. The Hall–Kier alpha value is -2.67. The third-order valence-electron chi connectivity index (χ3n) is 7.18. The van der Waals surface area contributed by atoms with Gasteiger partial charge in [0.1, 0.15) is 6.04 Å². The molecule has 0 radical (unpaired) electrons. The summed E-state index contributed by atoms with van der Waals surface area (Å²) < 4.78 is 5.41. The smallest absolute Gasteiger partial charge is 0.310 e. The number of nitrogens with zero attached hydrogens (tertiary/aromatic N) is 1. The van der Waals surface area contributed by atoms with Crippen molar-refractivity contribution in [3.8, 4) is 0 Å². The highest BCUT2D eigenvalue weighted by molar-refractivity contribution is 5.96. The van der Waals surface area contributed by atoms with E-state index in [1.807, 2.05) is 42.5 Å². The van der Waals surface area contributed by atoms with E-state index in [0.717, 1.165) is 44.1 Å². The molecule has 1 aliphatic carbocycles. The minimum atomic E-state index is -0.648. The molecule has 2 aliphatic rings. The number of carbonyl (C=O) groups excluding carboxylic acids is 3. The molecule has 192 valence electrons. The zero-order valence-corrected chi connectivity index (χ0v) is 21.0. The van der Waals surface area contributed by atoms with E-state index in [0.29, 0.717) is 13.1 Å². The Labute approximate surface area is 208 Å². The van der Waals surface area contributed by atoms with E-state index in [1.54, 1.807) is 11.8 Å². The second-order valence-electron chi connectivity index (χ2n) is 9.54. The van der Waals surface area contributed by atoms with Crippen LogP contribution in [0.2, 0.25) is 0 Å². The standard InChI is InChI=1S/C28H40N2O5/c1-3-12-21-15-16-22-24(23(21)28(34)35-4-2)27(33)30(17-10-5-6-11-18-31)25(22)26(32)29-19-20-13-8-7-9-14-20/h7-9,13-16,21-25,31H,3-6,10-12,17-19H2,1-2H3,(H,29,32)/t21-,22+,23-,24+,25+/m1/s1. The summed E-state index contributed by atoms with van der Waals surface area (Å²) in [6.45, 7) is 5.11. The molecule has 0 unspecified atom stereocenters. The van der Waals surface area contributed by atoms with Crippen LogP contribution in [-0.2, 0) is 25.7 Å². The highest BCUT2D eigenvalue weighted by Crippen LogP contribution is 2.45. The summed E-state index contributed by atoms with van der Waals surface area (Å²) in [4.78, 5) is 42.0. The fourth-order valence-corrected chi connectivity index (χ4v) is 5.54.